The van der Waals surface area contributed by atoms with Gasteiger partial charge >= 0.3 is 36.9 Å². The predicted molar refractivity (Wildman–Crippen MR) is 7.97 cm³/mol. The summed E-state index contributed by atoms with van der Waals surface area (Å²) in [5.74, 6) is 0. The van der Waals surface area contributed by atoms with E-state index in [0.717, 1.165) is 0 Å². The van der Waals surface area contributed by atoms with E-state index in [9.17, 15) is 0 Å². The van der Waals surface area contributed by atoms with Crippen LogP contribution in [0.1, 0.15) is 0 Å². The summed E-state index contributed by atoms with van der Waals surface area (Å²) in [6, 6.07) is 0. The fraction of sp³-hybridized carbons (Fsp3) is 0. The summed E-state index contributed by atoms with van der Waals surface area (Å²) in [4.78, 5) is 33.1. The van der Waals surface area contributed by atoms with Crippen molar-refractivity contribution in [2.75, 3.05) is 0 Å². The van der Waals surface area contributed by atoms with Crippen LogP contribution in [0.4, 0.5) is 0 Å². The summed E-state index contributed by atoms with van der Waals surface area (Å²) in [6.45, 7) is 0. The standard InChI is InChI=1S/HO4Si.Tm/c1-5(2,3)4;/h1H;/q-3;+3. The van der Waals surface area contributed by atoms with Crippen LogP contribution in [0, 0.1) is 36.9 Å². The first kappa shape index (κ1) is 10.3. The smallest absolute Gasteiger partial charge is 0.861 e. The Bertz CT molecular complexity index is 23.0. The Hall–Kier alpha value is 1.29. The van der Waals surface area contributed by atoms with Crippen molar-refractivity contribution in [1.29, 1.82) is 0 Å². The summed E-state index contributed by atoms with van der Waals surface area (Å²) in [7, 11) is -5.36. The third-order valence-corrected chi connectivity index (χ3v) is 0. The Morgan fingerprint density at radius 3 is 1.17 bits per heavy atom. The Balaban J connectivity index is 0. The van der Waals surface area contributed by atoms with E-state index in [0.29, 0.717) is 0 Å². The normalized spacial score (nSPS) is 10.0. The first-order chi connectivity index (χ1) is 2.00. The summed E-state index contributed by atoms with van der Waals surface area (Å²) in [6.07, 6.45) is 0. The summed E-state index contributed by atoms with van der Waals surface area (Å²) in [5.41, 5.74) is 0. The van der Waals surface area contributed by atoms with Crippen molar-refractivity contribution in [2.45, 2.75) is 0 Å². The van der Waals surface area contributed by atoms with Crippen LogP contribution in [0.5, 0.6) is 0 Å². The molecule has 0 aliphatic rings. The molecule has 0 fully saturated rings. The first-order valence-electron chi connectivity index (χ1n) is 0.836. The Labute approximate surface area is 64.7 Å². The van der Waals surface area contributed by atoms with Crippen LogP contribution in [-0.2, 0) is 0 Å². The van der Waals surface area contributed by atoms with E-state index in [1.807, 2.05) is 0 Å². The average Bonchev–Trinajstić information content (AvgIpc) is 0.722. The van der Waals surface area contributed by atoms with E-state index >= 15 is 0 Å². The minimum absolute atomic E-state index is 0. The van der Waals surface area contributed by atoms with Gasteiger partial charge in [0.2, 0.25) is 0 Å². The maximum absolute atomic E-state index is 8.69. The number of hydrogen-bond donors (Lipinski definition) is 1. The second kappa shape index (κ2) is 3.31. The Morgan fingerprint density at radius 1 is 1.17 bits per heavy atom. The molecule has 0 bridgehead atoms. The zero-order valence-electron chi connectivity index (χ0n) is 2.45. The molecule has 0 aliphatic carbocycles. The van der Waals surface area contributed by atoms with E-state index in [1.54, 1.807) is 0 Å². The molecule has 6 heavy (non-hydrogen) atoms. The van der Waals surface area contributed by atoms with Gasteiger partial charge in [-0.2, -0.15) is 0 Å². The molecular formula is HO4SiTm. The molecule has 42 valence electrons. The van der Waals surface area contributed by atoms with Gasteiger partial charge in [0.1, 0.15) is 0 Å². The predicted octanol–water partition coefficient (Wildman–Crippen LogP) is -4.50. The third-order valence-electron chi connectivity index (χ3n) is 0. The van der Waals surface area contributed by atoms with Gasteiger partial charge in [-0.3, -0.25) is 0 Å². The molecule has 0 rings (SSSR count). The van der Waals surface area contributed by atoms with Gasteiger partial charge < -0.3 is 19.2 Å². The van der Waals surface area contributed by atoms with Gasteiger partial charge in [-0.05, 0) is 0 Å². The molecule has 0 radical (unpaired) electrons. The van der Waals surface area contributed by atoms with E-state index in [4.69, 9.17) is 19.2 Å². The van der Waals surface area contributed by atoms with Crippen molar-refractivity contribution in [1.82, 2.24) is 0 Å². The molecule has 0 aliphatic heterocycles. The van der Waals surface area contributed by atoms with Gasteiger partial charge in [0, 0.05) is 0 Å². The van der Waals surface area contributed by atoms with Gasteiger partial charge in [-0.25, -0.2) is 0 Å². The number of hydrogen-bond acceptors (Lipinski definition) is 4. The molecule has 0 aromatic rings. The van der Waals surface area contributed by atoms with Gasteiger partial charge in [0.05, 0.1) is 0 Å². The molecule has 6 heteroatoms. The maximum atomic E-state index is 8.69. The molecule has 0 aromatic carbocycles. The molecule has 1 N–H and O–H groups in total. The van der Waals surface area contributed by atoms with Crippen LogP contribution in [0.25, 0.3) is 0 Å². The molecule has 0 atom stereocenters. The van der Waals surface area contributed by atoms with Crippen LogP contribution >= 0.6 is 0 Å². The van der Waals surface area contributed by atoms with Crippen molar-refractivity contribution in [3.63, 3.8) is 0 Å². The Kier molecular flexibility index (Phi) is 5.69. The van der Waals surface area contributed by atoms with Crippen LogP contribution < -0.4 is 14.4 Å². The molecule has 4 nitrogen and oxygen atoms in total. The first-order valence-corrected chi connectivity index (χ1v) is 2.51. The van der Waals surface area contributed by atoms with E-state index in [1.165, 1.54) is 0 Å². The molecular weight excluding hydrogens is 261 g/mol. The minimum Gasteiger partial charge on any atom is -0.861 e. The maximum Gasteiger partial charge on any atom is 3.00 e. The van der Waals surface area contributed by atoms with Gasteiger partial charge in [-0.1, -0.05) is 0 Å². The van der Waals surface area contributed by atoms with Gasteiger partial charge in [-0.15, -0.1) is 9.05 Å². The molecule has 0 amide bonds. The topological polar surface area (TPSA) is 89.4 Å². The molecule has 0 unspecified atom stereocenters. The second-order valence-corrected chi connectivity index (χ2v) is 1.57. The van der Waals surface area contributed by atoms with Crippen LogP contribution in [-0.4, -0.2) is 13.8 Å². The molecule has 0 aromatic heterocycles. The third kappa shape index (κ3) is 58.5. The zero-order chi connectivity index (χ0) is 4.50. The largest absolute Gasteiger partial charge is 3.00 e. The SMILES string of the molecule is [O-][Si]([O-])([O-])O.[Tm+3]. The van der Waals surface area contributed by atoms with Crippen molar-refractivity contribution in [3.8, 4) is 0 Å². The van der Waals surface area contributed by atoms with Crippen LogP contribution in [0.2, 0.25) is 0 Å². The van der Waals surface area contributed by atoms with Gasteiger partial charge in [0.25, 0.3) is 0 Å². The van der Waals surface area contributed by atoms with E-state index < -0.39 is 9.05 Å². The molecule has 0 saturated heterocycles. The average molecular weight is 262 g/mol. The van der Waals surface area contributed by atoms with E-state index in [-0.39, 0.29) is 36.9 Å². The van der Waals surface area contributed by atoms with Crippen molar-refractivity contribution in [2.24, 2.45) is 0 Å². The van der Waals surface area contributed by atoms with E-state index in [2.05, 4.69) is 0 Å². The second-order valence-electron chi connectivity index (χ2n) is 0.524. The monoisotopic (exact) mass is 262 g/mol. The molecule has 0 spiro atoms. The van der Waals surface area contributed by atoms with Gasteiger partial charge in [0.15, 0.2) is 0 Å². The molecule has 0 heterocycles. The number of rotatable bonds is 0. The van der Waals surface area contributed by atoms with Crippen molar-refractivity contribution >= 4 is 9.05 Å². The summed E-state index contributed by atoms with van der Waals surface area (Å²) >= 11 is 0. The summed E-state index contributed by atoms with van der Waals surface area (Å²) in [5, 5.41) is 0. The zero-order valence-corrected chi connectivity index (χ0v) is 5.23. The van der Waals surface area contributed by atoms with Crippen LogP contribution in [0.3, 0.4) is 0 Å². The van der Waals surface area contributed by atoms with Crippen LogP contribution in [0.15, 0.2) is 0 Å². The minimum atomic E-state index is -5.36. The Morgan fingerprint density at radius 2 is 1.17 bits per heavy atom. The summed E-state index contributed by atoms with van der Waals surface area (Å²) < 4.78 is 0. The molecule has 0 saturated carbocycles. The quantitative estimate of drug-likeness (QED) is 0.445. The van der Waals surface area contributed by atoms with Crippen molar-refractivity contribution in [3.05, 3.63) is 0 Å². The fourth-order valence-electron chi connectivity index (χ4n) is 0. The van der Waals surface area contributed by atoms with Crippen molar-refractivity contribution < 1.29 is 56.1 Å². The fourth-order valence-corrected chi connectivity index (χ4v) is 0.